The van der Waals surface area contributed by atoms with Crippen LogP contribution in [0.4, 0.5) is 5.69 Å². The summed E-state index contributed by atoms with van der Waals surface area (Å²) in [7, 11) is 1.78. The number of para-hydroxylation sites is 1. The van der Waals surface area contributed by atoms with Crippen LogP contribution >= 0.6 is 0 Å². The van der Waals surface area contributed by atoms with Gasteiger partial charge in [0.2, 0.25) is 5.91 Å². The standard InChI is InChI=1S/C13H20N2O/c1-4-7-11(14)13(16)15(3)12-9-6-5-8-10(12)2/h5-6,8-9,11H,4,7,14H2,1-3H3/t11-/m1/s1. The summed E-state index contributed by atoms with van der Waals surface area (Å²) >= 11 is 0. The number of likely N-dealkylation sites (N-methyl/N-ethyl adjacent to an activating group) is 1. The van der Waals surface area contributed by atoms with Crippen molar-refractivity contribution in [1.82, 2.24) is 0 Å². The first-order chi connectivity index (χ1) is 7.57. The molecule has 2 N–H and O–H groups in total. The van der Waals surface area contributed by atoms with Gasteiger partial charge >= 0.3 is 0 Å². The Morgan fingerprint density at radius 2 is 2.06 bits per heavy atom. The minimum absolute atomic E-state index is 0.0175. The maximum atomic E-state index is 12.0. The molecule has 3 heteroatoms. The third-order valence-corrected chi connectivity index (χ3v) is 2.72. The van der Waals surface area contributed by atoms with Crippen molar-refractivity contribution in [1.29, 1.82) is 0 Å². The molecule has 1 aromatic rings. The van der Waals surface area contributed by atoms with Crippen molar-refractivity contribution in [2.75, 3.05) is 11.9 Å². The van der Waals surface area contributed by atoms with E-state index < -0.39 is 6.04 Å². The molecule has 0 heterocycles. The molecule has 1 atom stereocenters. The fourth-order valence-corrected chi connectivity index (χ4v) is 1.74. The monoisotopic (exact) mass is 220 g/mol. The van der Waals surface area contributed by atoms with E-state index in [1.165, 1.54) is 0 Å². The molecule has 1 aromatic carbocycles. The minimum Gasteiger partial charge on any atom is -0.320 e. The van der Waals surface area contributed by atoms with E-state index in [1.807, 2.05) is 38.1 Å². The zero-order chi connectivity index (χ0) is 12.1. The fraction of sp³-hybridized carbons (Fsp3) is 0.462. The van der Waals surface area contributed by atoms with Crippen molar-refractivity contribution in [3.05, 3.63) is 29.8 Å². The second-order valence-electron chi connectivity index (χ2n) is 4.08. The van der Waals surface area contributed by atoms with Crippen LogP contribution in [0.5, 0.6) is 0 Å². The van der Waals surface area contributed by atoms with Crippen molar-refractivity contribution < 1.29 is 4.79 Å². The molecule has 0 aliphatic carbocycles. The van der Waals surface area contributed by atoms with E-state index in [0.717, 1.165) is 24.1 Å². The molecule has 0 unspecified atom stereocenters. The molecule has 1 amide bonds. The summed E-state index contributed by atoms with van der Waals surface area (Å²) in [6.07, 6.45) is 1.66. The van der Waals surface area contributed by atoms with Crippen LogP contribution in [0, 0.1) is 6.92 Å². The van der Waals surface area contributed by atoms with Crippen molar-refractivity contribution in [3.8, 4) is 0 Å². The highest BCUT2D eigenvalue weighted by atomic mass is 16.2. The van der Waals surface area contributed by atoms with Gasteiger partial charge in [-0.2, -0.15) is 0 Å². The summed E-state index contributed by atoms with van der Waals surface area (Å²) in [5.41, 5.74) is 7.84. The van der Waals surface area contributed by atoms with E-state index in [9.17, 15) is 4.79 Å². The van der Waals surface area contributed by atoms with Gasteiger partial charge in [0.05, 0.1) is 6.04 Å². The van der Waals surface area contributed by atoms with Crippen LogP contribution in [0.25, 0.3) is 0 Å². The summed E-state index contributed by atoms with van der Waals surface area (Å²) in [5, 5.41) is 0. The highest BCUT2D eigenvalue weighted by Gasteiger charge is 2.18. The Morgan fingerprint density at radius 1 is 1.44 bits per heavy atom. The summed E-state index contributed by atoms with van der Waals surface area (Å²) in [6, 6.07) is 7.42. The zero-order valence-corrected chi connectivity index (χ0v) is 10.2. The van der Waals surface area contributed by atoms with Crippen LogP contribution in [0.15, 0.2) is 24.3 Å². The smallest absolute Gasteiger partial charge is 0.243 e. The van der Waals surface area contributed by atoms with Crippen LogP contribution in [-0.4, -0.2) is 19.0 Å². The van der Waals surface area contributed by atoms with Crippen LogP contribution < -0.4 is 10.6 Å². The quantitative estimate of drug-likeness (QED) is 0.844. The number of hydrogen-bond donors (Lipinski definition) is 1. The summed E-state index contributed by atoms with van der Waals surface area (Å²) < 4.78 is 0. The normalized spacial score (nSPS) is 12.2. The molecule has 0 radical (unpaired) electrons. The van der Waals surface area contributed by atoms with Crippen molar-refractivity contribution in [2.24, 2.45) is 5.73 Å². The Labute approximate surface area is 97.2 Å². The van der Waals surface area contributed by atoms with Gasteiger partial charge in [0, 0.05) is 12.7 Å². The van der Waals surface area contributed by atoms with Gasteiger partial charge in [-0.15, -0.1) is 0 Å². The molecular weight excluding hydrogens is 200 g/mol. The number of aryl methyl sites for hydroxylation is 1. The van der Waals surface area contributed by atoms with Crippen LogP contribution in [0.2, 0.25) is 0 Å². The van der Waals surface area contributed by atoms with E-state index in [4.69, 9.17) is 5.73 Å². The molecule has 1 rings (SSSR count). The molecule has 16 heavy (non-hydrogen) atoms. The van der Waals surface area contributed by atoms with Gasteiger partial charge in [0.15, 0.2) is 0 Å². The Balaban J connectivity index is 2.82. The molecule has 0 saturated heterocycles. The highest BCUT2D eigenvalue weighted by Crippen LogP contribution is 2.18. The van der Waals surface area contributed by atoms with Crippen LogP contribution in [0.1, 0.15) is 25.3 Å². The summed E-state index contributed by atoms with van der Waals surface area (Å²) in [4.78, 5) is 13.6. The van der Waals surface area contributed by atoms with E-state index in [1.54, 1.807) is 11.9 Å². The number of anilines is 1. The van der Waals surface area contributed by atoms with Gasteiger partial charge in [-0.25, -0.2) is 0 Å². The lowest BCUT2D eigenvalue weighted by atomic mass is 10.1. The SMILES string of the molecule is CCC[C@@H](N)C(=O)N(C)c1ccccc1C. The van der Waals surface area contributed by atoms with Crippen LogP contribution in [0.3, 0.4) is 0 Å². The van der Waals surface area contributed by atoms with Gasteiger partial charge in [-0.05, 0) is 25.0 Å². The second-order valence-corrected chi connectivity index (χ2v) is 4.08. The molecular formula is C13H20N2O. The van der Waals surface area contributed by atoms with Gasteiger partial charge < -0.3 is 10.6 Å². The molecule has 0 fully saturated rings. The molecule has 0 aliphatic rings. The van der Waals surface area contributed by atoms with Crippen LogP contribution in [-0.2, 0) is 4.79 Å². The number of carbonyl (C=O) groups excluding carboxylic acids is 1. The molecule has 88 valence electrons. The molecule has 0 aromatic heterocycles. The van der Waals surface area contributed by atoms with Crippen molar-refractivity contribution >= 4 is 11.6 Å². The summed E-state index contributed by atoms with van der Waals surface area (Å²) in [5.74, 6) is -0.0175. The number of nitrogens with two attached hydrogens (primary N) is 1. The average Bonchev–Trinajstić information content (AvgIpc) is 2.28. The number of carbonyl (C=O) groups is 1. The number of amides is 1. The predicted octanol–water partition coefficient (Wildman–Crippen LogP) is 2.09. The van der Waals surface area contributed by atoms with E-state index in [0.29, 0.717) is 0 Å². The number of nitrogens with zero attached hydrogens (tertiary/aromatic N) is 1. The van der Waals surface area contributed by atoms with E-state index >= 15 is 0 Å². The third kappa shape index (κ3) is 2.83. The molecule has 0 aliphatic heterocycles. The topological polar surface area (TPSA) is 46.3 Å². The van der Waals surface area contributed by atoms with Crippen molar-refractivity contribution in [3.63, 3.8) is 0 Å². The average molecular weight is 220 g/mol. The zero-order valence-electron chi connectivity index (χ0n) is 10.2. The largest absolute Gasteiger partial charge is 0.320 e. The Hall–Kier alpha value is -1.35. The number of hydrogen-bond acceptors (Lipinski definition) is 2. The highest BCUT2D eigenvalue weighted by molar-refractivity contribution is 5.97. The number of benzene rings is 1. The predicted molar refractivity (Wildman–Crippen MR) is 67.5 cm³/mol. The van der Waals surface area contributed by atoms with E-state index in [2.05, 4.69) is 0 Å². The number of rotatable bonds is 4. The maximum Gasteiger partial charge on any atom is 0.243 e. The first-order valence-electron chi connectivity index (χ1n) is 5.66. The first-order valence-corrected chi connectivity index (χ1v) is 5.66. The Kier molecular flexibility index (Phi) is 4.50. The Bertz CT molecular complexity index is 363. The third-order valence-electron chi connectivity index (χ3n) is 2.72. The van der Waals surface area contributed by atoms with E-state index in [-0.39, 0.29) is 5.91 Å². The lowest BCUT2D eigenvalue weighted by Gasteiger charge is -2.22. The summed E-state index contributed by atoms with van der Waals surface area (Å²) in [6.45, 7) is 4.02. The van der Waals surface area contributed by atoms with Gasteiger partial charge in [-0.1, -0.05) is 31.5 Å². The Morgan fingerprint density at radius 3 is 2.62 bits per heavy atom. The van der Waals surface area contributed by atoms with Gasteiger partial charge in [0.25, 0.3) is 0 Å². The fourth-order valence-electron chi connectivity index (χ4n) is 1.74. The molecule has 0 saturated carbocycles. The second kappa shape index (κ2) is 5.66. The van der Waals surface area contributed by atoms with Crippen molar-refractivity contribution in [2.45, 2.75) is 32.7 Å². The minimum atomic E-state index is -0.394. The van der Waals surface area contributed by atoms with Gasteiger partial charge in [0.1, 0.15) is 0 Å². The maximum absolute atomic E-state index is 12.0. The lowest BCUT2D eigenvalue weighted by molar-refractivity contribution is -0.119. The first kappa shape index (κ1) is 12.7. The molecule has 0 bridgehead atoms. The lowest BCUT2D eigenvalue weighted by Crippen LogP contribution is -2.42. The van der Waals surface area contributed by atoms with Gasteiger partial charge in [-0.3, -0.25) is 4.79 Å². The molecule has 0 spiro atoms. The molecule has 3 nitrogen and oxygen atoms in total.